The fourth-order valence-corrected chi connectivity index (χ4v) is 2.92. The van der Waals surface area contributed by atoms with Crippen LogP contribution in [0.15, 0.2) is 0 Å². The second-order valence-corrected chi connectivity index (χ2v) is 5.69. The molecule has 0 aromatic heterocycles. The van der Waals surface area contributed by atoms with Crippen molar-refractivity contribution in [1.82, 2.24) is 10.2 Å². The lowest BCUT2D eigenvalue weighted by molar-refractivity contribution is -0.151. The van der Waals surface area contributed by atoms with Gasteiger partial charge < -0.3 is 9.64 Å². The molecule has 18 heavy (non-hydrogen) atoms. The number of hydrogen-bond acceptors (Lipinski definition) is 4. The minimum atomic E-state index is -0.411. The standard InChI is InChI=1S/C14H26N2O2/c1-4-16(3)12-8-9-14(10-12,13(17)18-5-2)15-11-6-7-11/h11-12,15H,4-10H2,1-3H3. The average Bonchev–Trinajstić information content (AvgIpc) is 3.06. The van der Waals surface area contributed by atoms with E-state index in [4.69, 9.17) is 4.74 Å². The third-order valence-electron chi connectivity index (χ3n) is 4.33. The van der Waals surface area contributed by atoms with Crippen molar-refractivity contribution >= 4 is 5.97 Å². The number of rotatable bonds is 6. The Morgan fingerprint density at radius 3 is 2.67 bits per heavy atom. The van der Waals surface area contributed by atoms with Crippen LogP contribution in [0.4, 0.5) is 0 Å². The number of nitrogens with one attached hydrogen (secondary N) is 1. The third kappa shape index (κ3) is 2.86. The summed E-state index contributed by atoms with van der Waals surface area (Å²) >= 11 is 0. The van der Waals surface area contributed by atoms with Gasteiger partial charge >= 0.3 is 5.97 Å². The van der Waals surface area contributed by atoms with Crippen LogP contribution in [0.1, 0.15) is 46.0 Å². The van der Waals surface area contributed by atoms with Crippen LogP contribution in [0.3, 0.4) is 0 Å². The molecule has 0 aromatic rings. The molecule has 0 aromatic carbocycles. The van der Waals surface area contributed by atoms with Crippen LogP contribution in [0.2, 0.25) is 0 Å². The van der Waals surface area contributed by atoms with Crippen molar-refractivity contribution in [1.29, 1.82) is 0 Å². The Morgan fingerprint density at radius 1 is 1.39 bits per heavy atom. The van der Waals surface area contributed by atoms with E-state index in [-0.39, 0.29) is 5.97 Å². The van der Waals surface area contributed by atoms with Crippen molar-refractivity contribution in [2.24, 2.45) is 0 Å². The van der Waals surface area contributed by atoms with Gasteiger partial charge in [0.25, 0.3) is 0 Å². The van der Waals surface area contributed by atoms with Crippen molar-refractivity contribution in [3.8, 4) is 0 Å². The Bertz CT molecular complexity index is 304. The molecule has 2 saturated carbocycles. The first kappa shape index (κ1) is 13.8. The molecule has 1 N–H and O–H groups in total. The Labute approximate surface area is 110 Å². The SMILES string of the molecule is CCOC(=O)C1(NC2CC2)CCC(N(C)CC)C1. The van der Waals surface area contributed by atoms with Gasteiger partial charge in [-0.3, -0.25) is 10.1 Å². The summed E-state index contributed by atoms with van der Waals surface area (Å²) in [5, 5.41) is 3.56. The summed E-state index contributed by atoms with van der Waals surface area (Å²) < 4.78 is 5.30. The predicted octanol–water partition coefficient (Wildman–Crippen LogP) is 1.54. The maximum atomic E-state index is 12.3. The number of esters is 1. The van der Waals surface area contributed by atoms with Crippen molar-refractivity contribution in [2.45, 2.75) is 63.6 Å². The average molecular weight is 254 g/mol. The summed E-state index contributed by atoms with van der Waals surface area (Å²) in [6.07, 6.45) is 5.30. The van der Waals surface area contributed by atoms with Crippen LogP contribution >= 0.6 is 0 Å². The number of carbonyl (C=O) groups is 1. The summed E-state index contributed by atoms with van der Waals surface area (Å²) in [7, 11) is 2.14. The van der Waals surface area contributed by atoms with Gasteiger partial charge in [0.1, 0.15) is 5.54 Å². The maximum absolute atomic E-state index is 12.3. The summed E-state index contributed by atoms with van der Waals surface area (Å²) in [6, 6.07) is 1.05. The van der Waals surface area contributed by atoms with Crippen molar-refractivity contribution in [3.63, 3.8) is 0 Å². The van der Waals surface area contributed by atoms with Crippen LogP contribution in [0.5, 0.6) is 0 Å². The Balaban J connectivity index is 2.04. The Hall–Kier alpha value is -0.610. The third-order valence-corrected chi connectivity index (χ3v) is 4.33. The number of ether oxygens (including phenoxy) is 1. The van der Waals surface area contributed by atoms with E-state index < -0.39 is 5.54 Å². The zero-order valence-corrected chi connectivity index (χ0v) is 11.9. The van der Waals surface area contributed by atoms with Crippen molar-refractivity contribution in [2.75, 3.05) is 20.2 Å². The van der Waals surface area contributed by atoms with E-state index in [1.54, 1.807) is 0 Å². The molecule has 4 heteroatoms. The smallest absolute Gasteiger partial charge is 0.326 e. The fourth-order valence-electron chi connectivity index (χ4n) is 2.92. The first-order valence-corrected chi connectivity index (χ1v) is 7.26. The molecule has 4 nitrogen and oxygen atoms in total. The molecule has 2 fully saturated rings. The molecular formula is C14H26N2O2. The quantitative estimate of drug-likeness (QED) is 0.730. The number of hydrogen-bond donors (Lipinski definition) is 1. The zero-order valence-electron chi connectivity index (χ0n) is 11.9. The Morgan fingerprint density at radius 2 is 2.11 bits per heavy atom. The highest BCUT2D eigenvalue weighted by molar-refractivity contribution is 5.81. The van der Waals surface area contributed by atoms with Gasteiger partial charge in [-0.2, -0.15) is 0 Å². The molecule has 2 rings (SSSR count). The molecule has 2 aliphatic rings. The maximum Gasteiger partial charge on any atom is 0.326 e. The fraction of sp³-hybridized carbons (Fsp3) is 0.929. The van der Waals surface area contributed by atoms with Gasteiger partial charge in [0.05, 0.1) is 6.61 Å². The second kappa shape index (κ2) is 5.57. The van der Waals surface area contributed by atoms with Crippen LogP contribution < -0.4 is 5.32 Å². The van der Waals surface area contributed by atoms with Gasteiger partial charge in [0, 0.05) is 12.1 Å². The van der Waals surface area contributed by atoms with Crippen molar-refractivity contribution in [3.05, 3.63) is 0 Å². The minimum absolute atomic E-state index is 0.0381. The van der Waals surface area contributed by atoms with Crippen LogP contribution in [-0.2, 0) is 9.53 Å². The van der Waals surface area contributed by atoms with Crippen molar-refractivity contribution < 1.29 is 9.53 Å². The lowest BCUT2D eigenvalue weighted by Crippen LogP contribution is -2.53. The van der Waals surface area contributed by atoms with E-state index in [9.17, 15) is 4.79 Å². The topological polar surface area (TPSA) is 41.6 Å². The second-order valence-electron chi connectivity index (χ2n) is 5.69. The molecule has 0 saturated heterocycles. The number of carbonyl (C=O) groups excluding carboxylic acids is 1. The normalized spacial score (nSPS) is 31.9. The van der Waals surface area contributed by atoms with Gasteiger partial charge in [0.15, 0.2) is 0 Å². The molecular weight excluding hydrogens is 228 g/mol. The summed E-state index contributed by atoms with van der Waals surface area (Å²) in [6.45, 7) is 5.56. The van der Waals surface area contributed by atoms with E-state index in [1.807, 2.05) is 6.92 Å². The molecule has 2 aliphatic carbocycles. The molecule has 2 atom stereocenters. The highest BCUT2D eigenvalue weighted by Crippen LogP contribution is 2.36. The van der Waals surface area contributed by atoms with Gasteiger partial charge in [-0.15, -0.1) is 0 Å². The summed E-state index contributed by atoms with van der Waals surface area (Å²) in [5.41, 5.74) is -0.411. The molecule has 0 spiro atoms. The zero-order chi connectivity index (χ0) is 13.2. The van der Waals surface area contributed by atoms with Crippen LogP contribution in [0, 0.1) is 0 Å². The van der Waals surface area contributed by atoms with Crippen LogP contribution in [0.25, 0.3) is 0 Å². The van der Waals surface area contributed by atoms with E-state index in [2.05, 4.69) is 24.2 Å². The van der Waals surface area contributed by atoms with Crippen LogP contribution in [-0.4, -0.2) is 48.7 Å². The molecule has 2 unspecified atom stereocenters. The Kier molecular flexibility index (Phi) is 4.28. The van der Waals surface area contributed by atoms with Gasteiger partial charge in [-0.1, -0.05) is 6.92 Å². The van der Waals surface area contributed by atoms with E-state index in [0.29, 0.717) is 18.7 Å². The first-order valence-electron chi connectivity index (χ1n) is 7.26. The highest BCUT2D eigenvalue weighted by Gasteiger charge is 2.49. The summed E-state index contributed by atoms with van der Waals surface area (Å²) in [4.78, 5) is 14.6. The minimum Gasteiger partial charge on any atom is -0.465 e. The first-order chi connectivity index (χ1) is 8.61. The molecule has 104 valence electrons. The van der Waals surface area contributed by atoms with E-state index in [0.717, 1.165) is 25.8 Å². The summed E-state index contributed by atoms with van der Waals surface area (Å²) in [5.74, 6) is -0.0381. The molecule has 0 heterocycles. The molecule has 0 bridgehead atoms. The molecule has 0 amide bonds. The highest BCUT2D eigenvalue weighted by atomic mass is 16.5. The lowest BCUT2D eigenvalue weighted by Gasteiger charge is -2.30. The van der Waals surface area contributed by atoms with Gasteiger partial charge in [0.2, 0.25) is 0 Å². The monoisotopic (exact) mass is 254 g/mol. The molecule has 0 aliphatic heterocycles. The predicted molar refractivity (Wildman–Crippen MR) is 71.5 cm³/mol. The van der Waals surface area contributed by atoms with Gasteiger partial charge in [-0.25, -0.2) is 0 Å². The largest absolute Gasteiger partial charge is 0.465 e. The molecule has 0 radical (unpaired) electrons. The van der Waals surface area contributed by atoms with E-state index >= 15 is 0 Å². The van der Waals surface area contributed by atoms with Gasteiger partial charge in [-0.05, 0) is 52.6 Å². The van der Waals surface area contributed by atoms with E-state index in [1.165, 1.54) is 12.8 Å². The lowest BCUT2D eigenvalue weighted by atomic mass is 9.97. The number of nitrogens with zero attached hydrogens (tertiary/aromatic N) is 1.